The molecule has 3 aromatic rings. The molecule has 1 atom stereocenters. The molecule has 1 aliphatic carbocycles. The summed E-state index contributed by atoms with van der Waals surface area (Å²) in [6.45, 7) is 10.6. The molecule has 0 fully saturated rings. The molecule has 0 saturated carbocycles. The Bertz CT molecular complexity index is 1430. The molecular weight excluding hydrogens is 468 g/mol. The highest BCUT2D eigenvalue weighted by Crippen LogP contribution is 2.45. The van der Waals surface area contributed by atoms with Gasteiger partial charge in [-0.1, -0.05) is 18.2 Å². The van der Waals surface area contributed by atoms with Gasteiger partial charge in [0, 0.05) is 44.3 Å². The Morgan fingerprint density at radius 2 is 1.61 bits per heavy atom. The Labute approximate surface area is 226 Å². The van der Waals surface area contributed by atoms with Crippen molar-refractivity contribution in [2.75, 3.05) is 37.0 Å². The normalized spacial score (nSPS) is 16.4. The molecule has 3 aromatic carbocycles. The van der Waals surface area contributed by atoms with Gasteiger partial charge in [0.15, 0.2) is 0 Å². The van der Waals surface area contributed by atoms with Crippen molar-refractivity contribution >= 4 is 39.8 Å². The van der Waals surface area contributed by atoms with Crippen molar-refractivity contribution in [3.63, 3.8) is 0 Å². The first kappa shape index (κ1) is 25.5. The van der Waals surface area contributed by atoms with E-state index in [0.717, 1.165) is 58.5 Å². The molecule has 0 amide bonds. The molecule has 0 N–H and O–H groups in total. The molecule has 0 saturated heterocycles. The van der Waals surface area contributed by atoms with Crippen molar-refractivity contribution in [3.8, 4) is 0 Å². The van der Waals surface area contributed by atoms with Crippen molar-refractivity contribution in [2.24, 2.45) is 15.2 Å². The zero-order valence-corrected chi connectivity index (χ0v) is 23.2. The van der Waals surface area contributed by atoms with E-state index in [0.29, 0.717) is 0 Å². The number of para-hydroxylation sites is 1. The van der Waals surface area contributed by atoms with E-state index in [1.54, 1.807) is 0 Å². The second-order valence-electron chi connectivity index (χ2n) is 9.98. The van der Waals surface area contributed by atoms with Crippen LogP contribution in [0.5, 0.6) is 0 Å². The fourth-order valence-corrected chi connectivity index (χ4v) is 5.14. The summed E-state index contributed by atoms with van der Waals surface area (Å²) in [5.41, 5.74) is 10.6. The van der Waals surface area contributed by atoms with Crippen LogP contribution in [0.3, 0.4) is 0 Å². The lowest BCUT2D eigenvalue weighted by atomic mass is 9.93. The first-order valence-electron chi connectivity index (χ1n) is 13.3. The summed E-state index contributed by atoms with van der Waals surface area (Å²) >= 11 is 0. The number of aryl methyl sites for hydroxylation is 1. The Morgan fingerprint density at radius 1 is 0.895 bits per heavy atom. The number of nitrogens with zero attached hydrogens (tertiary/aromatic N) is 6. The number of anilines is 3. The quantitative estimate of drug-likeness (QED) is 0.304. The Balaban J connectivity index is 1.60. The Hall–Kier alpha value is -4.19. The Morgan fingerprint density at radius 3 is 2.26 bits per heavy atom. The zero-order chi connectivity index (χ0) is 26.8. The van der Waals surface area contributed by atoms with Crippen molar-refractivity contribution in [3.05, 3.63) is 95.7 Å². The summed E-state index contributed by atoms with van der Waals surface area (Å²) in [4.78, 5) is 12.0. The van der Waals surface area contributed by atoms with Crippen LogP contribution in [0.2, 0.25) is 0 Å². The number of aliphatic imine (C=N–C) groups is 1. The van der Waals surface area contributed by atoms with Crippen molar-refractivity contribution in [2.45, 2.75) is 33.7 Å². The smallest absolute Gasteiger partial charge is 0.0970 e. The topological polar surface area (TPSA) is 46.8 Å². The molecule has 194 valence electrons. The van der Waals surface area contributed by atoms with Crippen molar-refractivity contribution < 1.29 is 0 Å². The van der Waals surface area contributed by atoms with E-state index in [4.69, 9.17) is 4.99 Å². The number of hydrogen-bond acceptors (Lipinski definition) is 6. The summed E-state index contributed by atoms with van der Waals surface area (Å²) in [5.74, 6) is 0. The van der Waals surface area contributed by atoms with Crippen LogP contribution in [0.1, 0.15) is 26.3 Å². The summed E-state index contributed by atoms with van der Waals surface area (Å²) in [6.07, 6.45) is 4.61. The first-order valence-corrected chi connectivity index (χ1v) is 13.3. The summed E-state index contributed by atoms with van der Waals surface area (Å²) in [7, 11) is 4.06. The third-order valence-electron chi connectivity index (χ3n) is 7.25. The predicted octanol–water partition coefficient (Wildman–Crippen LogP) is 8.25. The first-order chi connectivity index (χ1) is 18.4. The van der Waals surface area contributed by atoms with E-state index in [-0.39, 0.29) is 6.04 Å². The van der Waals surface area contributed by atoms with Gasteiger partial charge in [-0.25, -0.2) is 4.99 Å². The highest BCUT2D eigenvalue weighted by Gasteiger charge is 2.33. The van der Waals surface area contributed by atoms with Gasteiger partial charge in [-0.3, -0.25) is 0 Å². The molecule has 0 aromatic heterocycles. The van der Waals surface area contributed by atoms with E-state index < -0.39 is 0 Å². The van der Waals surface area contributed by atoms with Crippen LogP contribution in [0, 0.1) is 6.92 Å². The maximum absolute atomic E-state index is 5.14. The minimum absolute atomic E-state index is 0.00438. The van der Waals surface area contributed by atoms with Crippen LogP contribution in [0.4, 0.5) is 34.1 Å². The third kappa shape index (κ3) is 4.86. The molecule has 6 nitrogen and oxygen atoms in total. The van der Waals surface area contributed by atoms with Gasteiger partial charge in [0.2, 0.25) is 0 Å². The summed E-state index contributed by atoms with van der Waals surface area (Å²) in [6, 6.07) is 22.9. The minimum atomic E-state index is -0.00438. The van der Waals surface area contributed by atoms with Gasteiger partial charge >= 0.3 is 0 Å². The number of rotatable bonds is 7. The average molecular weight is 505 g/mol. The lowest BCUT2D eigenvalue weighted by Crippen LogP contribution is -2.41. The van der Waals surface area contributed by atoms with Crippen molar-refractivity contribution in [1.29, 1.82) is 0 Å². The highest BCUT2D eigenvalue weighted by atomic mass is 15.2. The van der Waals surface area contributed by atoms with Gasteiger partial charge in [-0.05, 0) is 99.5 Å². The fraction of sp³-hybridized carbons (Fsp3) is 0.281. The molecule has 0 radical (unpaired) electrons. The zero-order valence-electron chi connectivity index (χ0n) is 23.2. The molecule has 38 heavy (non-hydrogen) atoms. The van der Waals surface area contributed by atoms with Gasteiger partial charge in [0.05, 0.1) is 34.5 Å². The SMILES string of the molecule is CCN(CC)C1=CC2C(=Nc3cc(C)c(N=Nc4ccc(N(C)C)cc4)cc3N2c2ccccc2)C=C1C. The molecule has 2 aliphatic rings. The predicted molar refractivity (Wildman–Crippen MR) is 160 cm³/mol. The van der Waals surface area contributed by atoms with Crippen LogP contribution in [0.15, 0.2) is 105 Å². The lowest BCUT2D eigenvalue weighted by Gasteiger charge is -2.40. The second-order valence-corrected chi connectivity index (χ2v) is 9.98. The number of fused-ring (bicyclic) bond motifs is 2. The van der Waals surface area contributed by atoms with Crippen molar-refractivity contribution in [1.82, 2.24) is 4.90 Å². The van der Waals surface area contributed by atoms with Crippen LogP contribution in [0.25, 0.3) is 0 Å². The minimum Gasteiger partial charge on any atom is -0.378 e. The van der Waals surface area contributed by atoms with E-state index in [1.807, 2.05) is 26.2 Å². The maximum Gasteiger partial charge on any atom is 0.0970 e. The van der Waals surface area contributed by atoms with Gasteiger partial charge in [-0.2, -0.15) is 10.2 Å². The third-order valence-corrected chi connectivity index (χ3v) is 7.25. The average Bonchev–Trinajstić information content (AvgIpc) is 2.92. The standard InChI is InChI=1S/C32H36N6/c1-7-37(8-2)30-21-32-29(19-23(30)4)33-28-18-22(3)27(20-31(28)38(32)26-12-10-9-11-13-26)35-34-24-14-16-25(17-15-24)36(5)6/h9-21,32H,7-8H2,1-6H3. The van der Waals surface area contributed by atoms with E-state index in [1.165, 1.54) is 11.3 Å². The molecule has 6 heteroatoms. The van der Waals surface area contributed by atoms with Crippen LogP contribution in [-0.4, -0.2) is 43.8 Å². The highest BCUT2D eigenvalue weighted by molar-refractivity contribution is 6.10. The monoisotopic (exact) mass is 504 g/mol. The number of azo groups is 1. The largest absolute Gasteiger partial charge is 0.378 e. The molecule has 1 heterocycles. The maximum atomic E-state index is 5.14. The number of hydrogen-bond donors (Lipinski definition) is 0. The van der Waals surface area contributed by atoms with Crippen LogP contribution >= 0.6 is 0 Å². The molecule has 5 rings (SSSR count). The van der Waals surface area contributed by atoms with Gasteiger partial charge in [0.25, 0.3) is 0 Å². The van der Waals surface area contributed by atoms with E-state index in [9.17, 15) is 0 Å². The second kappa shape index (κ2) is 10.7. The summed E-state index contributed by atoms with van der Waals surface area (Å²) < 4.78 is 0. The lowest BCUT2D eigenvalue weighted by molar-refractivity contribution is 0.387. The van der Waals surface area contributed by atoms with Gasteiger partial charge < -0.3 is 14.7 Å². The molecule has 1 aliphatic heterocycles. The Kier molecular flexibility index (Phi) is 7.14. The fourth-order valence-electron chi connectivity index (χ4n) is 5.14. The number of allylic oxidation sites excluding steroid dienone is 1. The number of benzene rings is 3. The van der Waals surface area contributed by atoms with Crippen LogP contribution in [-0.2, 0) is 0 Å². The van der Waals surface area contributed by atoms with E-state index in [2.05, 4.69) is 119 Å². The molecule has 0 bridgehead atoms. The summed E-state index contributed by atoms with van der Waals surface area (Å²) in [5, 5.41) is 9.23. The van der Waals surface area contributed by atoms with Gasteiger partial charge in [-0.15, -0.1) is 0 Å². The van der Waals surface area contributed by atoms with Crippen LogP contribution < -0.4 is 9.80 Å². The molecular formula is C32H36N6. The van der Waals surface area contributed by atoms with E-state index >= 15 is 0 Å². The molecule has 0 spiro atoms. The van der Waals surface area contributed by atoms with Gasteiger partial charge in [0.1, 0.15) is 0 Å². The number of likely N-dealkylation sites (N-methyl/N-ethyl adjacent to an activating group) is 1. The molecule has 1 unspecified atom stereocenters.